The minimum atomic E-state index is -0.480. The molecule has 0 saturated carbocycles. The largest absolute Gasteiger partial charge is 0.504 e. The van der Waals surface area contributed by atoms with Crippen molar-refractivity contribution < 1.29 is 23.8 Å². The minimum Gasteiger partial charge on any atom is -0.504 e. The molecule has 0 aliphatic heterocycles. The molecule has 7 heteroatoms. The zero-order valence-corrected chi connectivity index (χ0v) is 15.3. The molecule has 2 amide bonds. The third-order valence-corrected chi connectivity index (χ3v) is 3.96. The molecule has 0 aliphatic carbocycles. The van der Waals surface area contributed by atoms with Crippen molar-refractivity contribution >= 4 is 11.8 Å². The van der Waals surface area contributed by atoms with E-state index in [1.165, 1.54) is 31.3 Å². The molecule has 0 radical (unpaired) electrons. The van der Waals surface area contributed by atoms with E-state index in [1.807, 2.05) is 6.92 Å². The molecule has 2 aromatic rings. The number of carbonyl (C=O) groups excluding carboxylic acids is 2. The Morgan fingerprint density at radius 1 is 1.07 bits per heavy atom. The van der Waals surface area contributed by atoms with Gasteiger partial charge in [-0.3, -0.25) is 9.59 Å². The number of nitrogens with one attached hydrogen (secondary N) is 2. The summed E-state index contributed by atoms with van der Waals surface area (Å²) in [5, 5.41) is 15.6. The van der Waals surface area contributed by atoms with Gasteiger partial charge in [0, 0.05) is 13.6 Å². The lowest BCUT2D eigenvalue weighted by molar-refractivity contribution is 0.0936. The van der Waals surface area contributed by atoms with Crippen LogP contribution in [0.1, 0.15) is 46.0 Å². The van der Waals surface area contributed by atoms with E-state index in [0.717, 1.165) is 18.4 Å². The van der Waals surface area contributed by atoms with Gasteiger partial charge in [0.2, 0.25) is 0 Å². The number of aromatic hydroxyl groups is 1. The number of phenols is 1. The number of unbranched alkanes of at least 4 members (excludes halogenated alkanes) is 1. The zero-order valence-electron chi connectivity index (χ0n) is 15.3. The molecule has 0 unspecified atom stereocenters. The number of amides is 2. The lowest BCUT2D eigenvalue weighted by Crippen LogP contribution is -2.24. The van der Waals surface area contributed by atoms with Crippen molar-refractivity contribution in [3.05, 3.63) is 58.9 Å². The Morgan fingerprint density at radius 2 is 1.74 bits per heavy atom. The van der Waals surface area contributed by atoms with Gasteiger partial charge in [0.15, 0.2) is 11.5 Å². The topological polar surface area (TPSA) is 87.7 Å². The number of hydrogen-bond acceptors (Lipinski definition) is 4. The Morgan fingerprint density at radius 3 is 2.37 bits per heavy atom. The van der Waals surface area contributed by atoms with Gasteiger partial charge in [-0.05, 0) is 36.2 Å². The first-order valence-corrected chi connectivity index (χ1v) is 8.71. The monoisotopic (exact) mass is 374 g/mol. The highest BCUT2D eigenvalue weighted by molar-refractivity contribution is 6.02. The fourth-order valence-corrected chi connectivity index (χ4v) is 2.41. The highest BCUT2D eigenvalue weighted by atomic mass is 19.1. The number of benzene rings is 2. The van der Waals surface area contributed by atoms with Crippen LogP contribution in [0.25, 0.3) is 0 Å². The molecule has 0 spiro atoms. The van der Waals surface area contributed by atoms with E-state index in [4.69, 9.17) is 4.74 Å². The first-order chi connectivity index (χ1) is 13.0. The molecule has 0 atom stereocenters. The summed E-state index contributed by atoms with van der Waals surface area (Å²) in [5.41, 5.74) is 0.877. The van der Waals surface area contributed by atoms with Crippen molar-refractivity contribution in [2.45, 2.75) is 26.3 Å². The Bertz CT molecular complexity index is 806. The molecule has 2 rings (SSSR count). The normalized spacial score (nSPS) is 10.3. The van der Waals surface area contributed by atoms with Gasteiger partial charge >= 0.3 is 0 Å². The van der Waals surface area contributed by atoms with Gasteiger partial charge in [-0.2, -0.15) is 0 Å². The van der Waals surface area contributed by atoms with Gasteiger partial charge in [-0.1, -0.05) is 25.5 Å². The van der Waals surface area contributed by atoms with E-state index < -0.39 is 11.8 Å². The average molecular weight is 374 g/mol. The van der Waals surface area contributed by atoms with Crippen LogP contribution in [0.2, 0.25) is 0 Å². The third-order valence-electron chi connectivity index (χ3n) is 3.96. The summed E-state index contributed by atoms with van der Waals surface area (Å²) in [5.74, 6) is -1.71. The predicted octanol–water partition coefficient (Wildman–Crippen LogP) is 3.00. The highest BCUT2D eigenvalue weighted by Gasteiger charge is 2.22. The quantitative estimate of drug-likeness (QED) is 0.620. The van der Waals surface area contributed by atoms with Crippen LogP contribution in [0.4, 0.5) is 4.39 Å². The second-order valence-corrected chi connectivity index (χ2v) is 5.93. The first-order valence-electron chi connectivity index (χ1n) is 8.71. The van der Waals surface area contributed by atoms with Crippen molar-refractivity contribution in [2.24, 2.45) is 0 Å². The number of carbonyl (C=O) groups is 2. The number of hydrogen-bond donors (Lipinski definition) is 3. The van der Waals surface area contributed by atoms with Gasteiger partial charge in [0.1, 0.15) is 5.82 Å². The second-order valence-electron chi connectivity index (χ2n) is 5.93. The summed E-state index contributed by atoms with van der Waals surface area (Å²) in [6.45, 7) is 2.48. The van der Waals surface area contributed by atoms with Crippen LogP contribution >= 0.6 is 0 Å². The number of halogens is 1. The summed E-state index contributed by atoms with van der Waals surface area (Å²) in [6, 6.07) is 8.57. The minimum absolute atomic E-state index is 0.0267. The van der Waals surface area contributed by atoms with Crippen LogP contribution in [0.15, 0.2) is 36.4 Å². The highest BCUT2D eigenvalue weighted by Crippen LogP contribution is 2.34. The van der Waals surface area contributed by atoms with E-state index in [1.54, 1.807) is 12.1 Å². The standard InChI is InChI=1S/C20H23FN2O4/c1-3-4-11-27-18-16(10-9-15(17(18)24)19(25)22-2)20(26)23-12-13-5-7-14(21)8-6-13/h5-10,24H,3-4,11-12H2,1-2H3,(H,22,25)(H,23,26). The lowest BCUT2D eigenvalue weighted by atomic mass is 10.1. The molecule has 27 heavy (non-hydrogen) atoms. The third kappa shape index (κ3) is 5.20. The van der Waals surface area contributed by atoms with Gasteiger partial charge < -0.3 is 20.5 Å². The molecular weight excluding hydrogens is 351 g/mol. The van der Waals surface area contributed by atoms with Crippen molar-refractivity contribution in [3.63, 3.8) is 0 Å². The van der Waals surface area contributed by atoms with Crippen molar-refractivity contribution in [1.82, 2.24) is 10.6 Å². The van der Waals surface area contributed by atoms with Crippen molar-refractivity contribution in [3.8, 4) is 11.5 Å². The maximum Gasteiger partial charge on any atom is 0.255 e. The van der Waals surface area contributed by atoms with Crippen LogP contribution in [-0.4, -0.2) is 30.6 Å². The average Bonchev–Trinajstić information content (AvgIpc) is 2.68. The van der Waals surface area contributed by atoms with Gasteiger partial charge in [0.05, 0.1) is 17.7 Å². The molecule has 144 valence electrons. The maximum atomic E-state index is 13.0. The lowest BCUT2D eigenvalue weighted by Gasteiger charge is -2.15. The number of ether oxygens (including phenoxy) is 1. The molecule has 0 saturated heterocycles. The van der Waals surface area contributed by atoms with E-state index >= 15 is 0 Å². The molecule has 0 aromatic heterocycles. The van der Waals surface area contributed by atoms with Crippen LogP contribution in [0.5, 0.6) is 11.5 Å². The molecule has 3 N–H and O–H groups in total. The maximum absolute atomic E-state index is 13.0. The fraction of sp³-hybridized carbons (Fsp3) is 0.300. The SMILES string of the molecule is CCCCOc1c(C(=O)NCc2ccc(F)cc2)ccc(C(=O)NC)c1O. The Kier molecular flexibility index (Phi) is 7.16. The predicted molar refractivity (Wildman–Crippen MR) is 99.5 cm³/mol. The van der Waals surface area contributed by atoms with Gasteiger partial charge in [0.25, 0.3) is 11.8 Å². The van der Waals surface area contributed by atoms with E-state index in [-0.39, 0.29) is 35.0 Å². The van der Waals surface area contributed by atoms with Crippen molar-refractivity contribution in [2.75, 3.05) is 13.7 Å². The smallest absolute Gasteiger partial charge is 0.255 e. The summed E-state index contributed by atoms with van der Waals surface area (Å²) in [6.07, 6.45) is 1.61. The Hall–Kier alpha value is -3.09. The number of rotatable bonds is 8. The zero-order chi connectivity index (χ0) is 19.8. The second kappa shape index (κ2) is 9.56. The molecule has 0 heterocycles. The Balaban J connectivity index is 2.24. The summed E-state index contributed by atoms with van der Waals surface area (Å²) < 4.78 is 18.6. The summed E-state index contributed by atoms with van der Waals surface area (Å²) in [7, 11) is 1.45. The van der Waals surface area contributed by atoms with E-state index in [0.29, 0.717) is 6.61 Å². The van der Waals surface area contributed by atoms with Crippen LogP contribution in [-0.2, 0) is 6.54 Å². The molecular formula is C20H23FN2O4. The molecule has 0 bridgehead atoms. The van der Waals surface area contributed by atoms with Crippen molar-refractivity contribution in [1.29, 1.82) is 0 Å². The fourth-order valence-electron chi connectivity index (χ4n) is 2.41. The van der Waals surface area contributed by atoms with Crippen LogP contribution < -0.4 is 15.4 Å². The Labute approximate surface area is 157 Å². The first kappa shape index (κ1) is 20.2. The van der Waals surface area contributed by atoms with Gasteiger partial charge in [-0.25, -0.2) is 4.39 Å². The van der Waals surface area contributed by atoms with Crippen LogP contribution in [0.3, 0.4) is 0 Å². The molecule has 2 aromatic carbocycles. The molecule has 0 aliphatic rings. The summed E-state index contributed by atoms with van der Waals surface area (Å²) >= 11 is 0. The van der Waals surface area contributed by atoms with Crippen LogP contribution in [0, 0.1) is 5.82 Å². The molecule has 6 nitrogen and oxygen atoms in total. The van der Waals surface area contributed by atoms with Gasteiger partial charge in [-0.15, -0.1) is 0 Å². The van der Waals surface area contributed by atoms with E-state index in [2.05, 4.69) is 10.6 Å². The molecule has 0 fully saturated rings. The summed E-state index contributed by atoms with van der Waals surface area (Å²) in [4.78, 5) is 24.4. The number of phenolic OH excluding ortho intramolecular Hbond substituents is 1. The van der Waals surface area contributed by atoms with E-state index in [9.17, 15) is 19.1 Å².